The molecule has 7 nitrogen and oxygen atoms in total. The molecule has 0 aliphatic heterocycles. The van der Waals surface area contributed by atoms with E-state index in [-0.39, 0.29) is 9.98 Å². The van der Waals surface area contributed by atoms with Crippen molar-refractivity contribution < 1.29 is 21.6 Å². The Bertz CT molecular complexity index is 667. The summed E-state index contributed by atoms with van der Waals surface area (Å²) in [6, 6.07) is 7.55. The molecule has 0 fully saturated rings. The molecule has 0 radical (unpaired) electrons. The second-order valence-corrected chi connectivity index (χ2v) is 7.68. The van der Waals surface area contributed by atoms with E-state index in [0.29, 0.717) is 4.41 Å². The number of amides is 1. The van der Waals surface area contributed by atoms with Gasteiger partial charge in [0.2, 0.25) is 20.0 Å². The van der Waals surface area contributed by atoms with Gasteiger partial charge in [-0.05, 0) is 12.1 Å². The first-order valence-corrected chi connectivity index (χ1v) is 8.78. The second kappa shape index (κ2) is 5.27. The average molecular weight is 306 g/mol. The number of carbonyl (C=O) groups is 1. The first kappa shape index (κ1) is 15.6. The Hall–Kier alpha value is -1.45. The fourth-order valence-corrected chi connectivity index (χ4v) is 3.21. The number of rotatable bonds is 4. The van der Waals surface area contributed by atoms with Crippen molar-refractivity contribution in [3.8, 4) is 0 Å². The maximum absolute atomic E-state index is 12.1. The number of hydrogen-bond acceptors (Lipinski definition) is 5. The second-order valence-electron chi connectivity index (χ2n) is 3.87. The highest BCUT2D eigenvalue weighted by molar-refractivity contribution is 7.91. The molecule has 19 heavy (non-hydrogen) atoms. The SMILES string of the molecule is CN(N(C(=O)c1ccccc1)S(C)(=O)=O)S(C)(=O)=O. The van der Waals surface area contributed by atoms with Gasteiger partial charge in [0.15, 0.2) is 0 Å². The summed E-state index contributed by atoms with van der Waals surface area (Å²) < 4.78 is 46.7. The zero-order chi connectivity index (χ0) is 14.8. The van der Waals surface area contributed by atoms with E-state index in [1.807, 2.05) is 0 Å². The number of benzene rings is 1. The van der Waals surface area contributed by atoms with Crippen molar-refractivity contribution in [2.24, 2.45) is 0 Å². The highest BCUT2D eigenvalue weighted by Crippen LogP contribution is 2.13. The molecule has 1 rings (SSSR count). The number of sulfonamides is 2. The maximum atomic E-state index is 12.1. The predicted octanol–water partition coefficient (Wildman–Crippen LogP) is -0.105. The predicted molar refractivity (Wildman–Crippen MR) is 70.1 cm³/mol. The van der Waals surface area contributed by atoms with Gasteiger partial charge in [-0.3, -0.25) is 4.79 Å². The van der Waals surface area contributed by atoms with Gasteiger partial charge >= 0.3 is 0 Å². The number of hydrogen-bond donors (Lipinski definition) is 0. The lowest BCUT2D eigenvalue weighted by atomic mass is 10.2. The first-order chi connectivity index (χ1) is 8.55. The smallest absolute Gasteiger partial charge is 0.266 e. The summed E-state index contributed by atoms with van der Waals surface area (Å²) in [5, 5.41) is 0. The van der Waals surface area contributed by atoms with E-state index in [1.165, 1.54) is 12.1 Å². The molecule has 0 heterocycles. The van der Waals surface area contributed by atoms with Crippen LogP contribution < -0.4 is 0 Å². The normalized spacial score (nSPS) is 12.4. The Kier molecular flexibility index (Phi) is 4.33. The zero-order valence-electron chi connectivity index (χ0n) is 10.6. The van der Waals surface area contributed by atoms with E-state index in [0.717, 1.165) is 19.6 Å². The lowest BCUT2D eigenvalue weighted by Crippen LogP contribution is -2.49. The Morgan fingerprint density at radius 2 is 1.42 bits per heavy atom. The van der Waals surface area contributed by atoms with E-state index >= 15 is 0 Å². The minimum atomic E-state index is -4.06. The molecule has 0 aliphatic carbocycles. The van der Waals surface area contributed by atoms with Gasteiger partial charge in [-0.15, -0.1) is 4.41 Å². The Labute approximate surface area is 112 Å². The molecule has 0 atom stereocenters. The van der Waals surface area contributed by atoms with Crippen LogP contribution in [0.1, 0.15) is 10.4 Å². The maximum Gasteiger partial charge on any atom is 0.283 e. The van der Waals surface area contributed by atoms with Gasteiger partial charge in [0, 0.05) is 12.6 Å². The summed E-state index contributed by atoms with van der Waals surface area (Å²) in [7, 11) is -6.95. The highest BCUT2D eigenvalue weighted by Gasteiger charge is 2.33. The lowest BCUT2D eigenvalue weighted by molar-refractivity contribution is 0.0703. The van der Waals surface area contributed by atoms with Crippen LogP contribution in [0.3, 0.4) is 0 Å². The number of nitrogens with zero attached hydrogens (tertiary/aromatic N) is 2. The van der Waals surface area contributed by atoms with Crippen molar-refractivity contribution >= 4 is 26.0 Å². The van der Waals surface area contributed by atoms with Crippen LogP contribution in [-0.4, -0.2) is 51.1 Å². The van der Waals surface area contributed by atoms with Crippen molar-refractivity contribution in [3.05, 3.63) is 35.9 Å². The van der Waals surface area contributed by atoms with Gasteiger partial charge in [0.25, 0.3) is 5.91 Å². The van der Waals surface area contributed by atoms with Crippen molar-refractivity contribution in [2.45, 2.75) is 0 Å². The standard InChI is InChI=1S/C10H14N2O5S2/c1-11(18(2,14)15)12(19(3,16)17)10(13)9-7-5-4-6-8-9/h4-8H,1-3H3. The average Bonchev–Trinajstić information content (AvgIpc) is 2.27. The Morgan fingerprint density at radius 1 is 0.947 bits per heavy atom. The van der Waals surface area contributed by atoms with Crippen LogP contribution in [0.2, 0.25) is 0 Å². The molecule has 0 N–H and O–H groups in total. The van der Waals surface area contributed by atoms with Crippen LogP contribution in [0.4, 0.5) is 0 Å². The zero-order valence-corrected chi connectivity index (χ0v) is 12.3. The molecule has 1 aromatic carbocycles. The van der Waals surface area contributed by atoms with Crippen molar-refractivity contribution in [2.75, 3.05) is 19.6 Å². The molecule has 0 spiro atoms. The molecule has 1 amide bonds. The van der Waals surface area contributed by atoms with Crippen LogP contribution in [0.5, 0.6) is 0 Å². The van der Waals surface area contributed by atoms with Crippen LogP contribution >= 0.6 is 0 Å². The summed E-state index contributed by atoms with van der Waals surface area (Å²) in [5.41, 5.74) is 0.0726. The highest BCUT2D eigenvalue weighted by atomic mass is 32.2. The summed E-state index contributed by atoms with van der Waals surface area (Å²) in [4.78, 5) is 12.1. The van der Waals surface area contributed by atoms with E-state index in [4.69, 9.17) is 0 Å². The van der Waals surface area contributed by atoms with Gasteiger partial charge in [0.05, 0.1) is 12.5 Å². The third-order valence-electron chi connectivity index (χ3n) is 2.24. The summed E-state index contributed by atoms with van der Waals surface area (Å²) in [6.45, 7) is 0. The molecule has 0 aromatic heterocycles. The van der Waals surface area contributed by atoms with Crippen LogP contribution in [0.25, 0.3) is 0 Å². The molecule has 0 saturated heterocycles. The molecular weight excluding hydrogens is 292 g/mol. The molecule has 0 bridgehead atoms. The largest absolute Gasteiger partial charge is 0.283 e. The summed E-state index contributed by atoms with van der Waals surface area (Å²) in [5.74, 6) is -0.934. The molecule has 1 aromatic rings. The van der Waals surface area contributed by atoms with E-state index in [1.54, 1.807) is 18.2 Å². The van der Waals surface area contributed by atoms with Crippen molar-refractivity contribution in [1.82, 2.24) is 8.83 Å². The summed E-state index contributed by atoms with van der Waals surface area (Å²) >= 11 is 0. The third-order valence-corrected chi connectivity index (χ3v) is 4.51. The van der Waals surface area contributed by atoms with Gasteiger partial charge in [-0.1, -0.05) is 22.6 Å². The minimum absolute atomic E-state index is 0.0726. The molecule has 0 unspecified atom stereocenters. The Balaban J connectivity index is 3.33. The van der Waals surface area contributed by atoms with E-state index in [2.05, 4.69) is 0 Å². The van der Waals surface area contributed by atoms with Crippen molar-refractivity contribution in [1.29, 1.82) is 0 Å². The van der Waals surface area contributed by atoms with Crippen LogP contribution in [0.15, 0.2) is 30.3 Å². The van der Waals surface area contributed by atoms with Gasteiger partial charge < -0.3 is 0 Å². The fourth-order valence-electron chi connectivity index (χ4n) is 1.31. The van der Waals surface area contributed by atoms with Crippen LogP contribution in [0, 0.1) is 0 Å². The van der Waals surface area contributed by atoms with Gasteiger partial charge in [0.1, 0.15) is 0 Å². The van der Waals surface area contributed by atoms with Gasteiger partial charge in [-0.25, -0.2) is 16.8 Å². The summed E-state index contributed by atoms with van der Waals surface area (Å²) in [6.07, 6.45) is 1.57. The Morgan fingerprint density at radius 3 is 1.79 bits per heavy atom. The minimum Gasteiger partial charge on any atom is -0.266 e. The molecule has 106 valence electrons. The quantitative estimate of drug-likeness (QED) is 0.724. The van der Waals surface area contributed by atoms with Crippen LogP contribution in [-0.2, 0) is 20.0 Å². The fraction of sp³-hybridized carbons (Fsp3) is 0.300. The number of carbonyl (C=O) groups excluding carboxylic acids is 1. The van der Waals surface area contributed by atoms with E-state index < -0.39 is 26.0 Å². The molecule has 9 heteroatoms. The molecule has 0 aliphatic rings. The van der Waals surface area contributed by atoms with Crippen molar-refractivity contribution in [3.63, 3.8) is 0 Å². The number of hydrazine groups is 1. The molecular formula is C10H14N2O5S2. The topological polar surface area (TPSA) is 91.8 Å². The van der Waals surface area contributed by atoms with E-state index in [9.17, 15) is 21.6 Å². The first-order valence-electron chi connectivity index (χ1n) is 5.08. The lowest BCUT2D eigenvalue weighted by Gasteiger charge is -2.27. The van der Waals surface area contributed by atoms with Gasteiger partial charge in [-0.2, -0.15) is 0 Å². The third kappa shape index (κ3) is 3.75. The monoisotopic (exact) mass is 306 g/mol. The molecule has 0 saturated carbocycles.